The molecule has 1 aliphatic rings. The van der Waals surface area contributed by atoms with Crippen LogP contribution in [0.25, 0.3) is 22.0 Å². The van der Waals surface area contributed by atoms with Gasteiger partial charge in [-0.1, -0.05) is 30.3 Å². The predicted molar refractivity (Wildman–Crippen MR) is 84.9 cm³/mol. The van der Waals surface area contributed by atoms with Crippen LogP contribution in [0.3, 0.4) is 0 Å². The van der Waals surface area contributed by atoms with E-state index in [0.717, 1.165) is 0 Å². The van der Waals surface area contributed by atoms with Gasteiger partial charge in [-0.15, -0.1) is 0 Å². The molecule has 0 amide bonds. The summed E-state index contributed by atoms with van der Waals surface area (Å²) < 4.78 is 27.4. The Balaban J connectivity index is 2.14. The number of hydrogen-bond donors (Lipinski definition) is 2. The van der Waals surface area contributed by atoms with E-state index >= 15 is 0 Å². The molecule has 0 bridgehead atoms. The van der Waals surface area contributed by atoms with Gasteiger partial charge in [0.2, 0.25) is 0 Å². The number of carbonyl (C=O) groups is 1. The molecule has 0 radical (unpaired) electrons. The van der Waals surface area contributed by atoms with Crippen LogP contribution in [0.15, 0.2) is 53.6 Å². The van der Waals surface area contributed by atoms with E-state index in [4.69, 9.17) is 0 Å². The fourth-order valence-corrected chi connectivity index (χ4v) is 4.16. The van der Waals surface area contributed by atoms with E-state index in [2.05, 4.69) is 9.71 Å². The number of carboxylic acids is 1. The van der Waals surface area contributed by atoms with E-state index in [1.165, 1.54) is 18.3 Å². The Morgan fingerprint density at radius 1 is 1.04 bits per heavy atom. The fraction of sp³-hybridized carbons (Fsp3) is 0. The number of anilines is 1. The molecule has 6 nitrogen and oxygen atoms in total. The van der Waals surface area contributed by atoms with Crippen LogP contribution in [0.2, 0.25) is 0 Å². The van der Waals surface area contributed by atoms with E-state index in [1.54, 1.807) is 30.3 Å². The van der Waals surface area contributed by atoms with Crippen LogP contribution in [-0.4, -0.2) is 24.5 Å². The second-order valence-corrected chi connectivity index (χ2v) is 6.80. The van der Waals surface area contributed by atoms with E-state index in [0.29, 0.717) is 27.7 Å². The number of pyridine rings is 1. The third-order valence-corrected chi connectivity index (χ3v) is 5.25. The number of rotatable bonds is 1. The van der Waals surface area contributed by atoms with Crippen LogP contribution in [0.1, 0.15) is 10.4 Å². The van der Waals surface area contributed by atoms with Gasteiger partial charge in [-0.25, -0.2) is 13.2 Å². The number of sulfonamides is 1. The summed E-state index contributed by atoms with van der Waals surface area (Å²) >= 11 is 0. The molecule has 2 N–H and O–H groups in total. The van der Waals surface area contributed by atoms with Gasteiger partial charge >= 0.3 is 5.97 Å². The first-order valence-corrected chi connectivity index (χ1v) is 8.24. The van der Waals surface area contributed by atoms with Crippen molar-refractivity contribution in [1.82, 2.24) is 4.98 Å². The maximum atomic E-state index is 12.4. The molecule has 0 atom stereocenters. The molecule has 2 aromatic carbocycles. The molecule has 7 heteroatoms. The Kier molecular flexibility index (Phi) is 2.70. The molecule has 0 fully saturated rings. The number of aromatic carboxylic acids is 1. The highest BCUT2D eigenvalue weighted by molar-refractivity contribution is 7.93. The number of hydrogen-bond acceptors (Lipinski definition) is 4. The van der Waals surface area contributed by atoms with Crippen molar-refractivity contribution in [3.8, 4) is 11.1 Å². The monoisotopic (exact) mass is 326 g/mol. The van der Waals surface area contributed by atoms with Crippen molar-refractivity contribution in [2.75, 3.05) is 4.72 Å². The molecule has 3 aromatic rings. The highest BCUT2D eigenvalue weighted by Crippen LogP contribution is 2.42. The number of carboxylic acid groups (broad SMARTS) is 1. The molecule has 0 spiro atoms. The smallest absolute Gasteiger partial charge is 0.336 e. The van der Waals surface area contributed by atoms with Gasteiger partial charge in [0.1, 0.15) is 0 Å². The van der Waals surface area contributed by atoms with E-state index in [-0.39, 0.29) is 10.5 Å². The maximum absolute atomic E-state index is 12.4. The zero-order valence-electron chi connectivity index (χ0n) is 11.6. The van der Waals surface area contributed by atoms with E-state index in [9.17, 15) is 18.3 Å². The summed E-state index contributed by atoms with van der Waals surface area (Å²) in [6, 6.07) is 11.4. The summed E-state index contributed by atoms with van der Waals surface area (Å²) in [4.78, 5) is 15.7. The lowest BCUT2D eigenvalue weighted by Gasteiger charge is -2.22. The third kappa shape index (κ3) is 1.90. The van der Waals surface area contributed by atoms with Gasteiger partial charge in [0, 0.05) is 22.7 Å². The minimum Gasteiger partial charge on any atom is -0.478 e. The first-order chi connectivity index (χ1) is 11.0. The number of benzene rings is 2. The Morgan fingerprint density at radius 2 is 1.83 bits per heavy atom. The third-order valence-electron chi connectivity index (χ3n) is 3.85. The van der Waals surface area contributed by atoms with Crippen molar-refractivity contribution in [3.63, 3.8) is 0 Å². The van der Waals surface area contributed by atoms with Gasteiger partial charge in [-0.3, -0.25) is 9.71 Å². The molecule has 0 saturated heterocycles. The van der Waals surface area contributed by atoms with Crippen LogP contribution in [0.5, 0.6) is 0 Å². The summed E-state index contributed by atoms with van der Waals surface area (Å²) in [7, 11) is -3.72. The lowest BCUT2D eigenvalue weighted by molar-refractivity contribution is 0.0699. The molecule has 0 unspecified atom stereocenters. The standard InChI is InChI=1S/C16H10N2O4S/c19-16(20)12-7-8-17-14-11(12)6-5-10-9-3-1-2-4-13(9)23(21,22)18-15(10)14/h1-8,18H,(H,19,20). The van der Waals surface area contributed by atoms with Crippen molar-refractivity contribution in [2.24, 2.45) is 0 Å². The molecular weight excluding hydrogens is 316 g/mol. The van der Waals surface area contributed by atoms with Gasteiger partial charge in [0.25, 0.3) is 10.0 Å². The second kappa shape index (κ2) is 4.53. The highest BCUT2D eigenvalue weighted by Gasteiger charge is 2.29. The molecule has 4 rings (SSSR count). The first-order valence-electron chi connectivity index (χ1n) is 6.76. The van der Waals surface area contributed by atoms with Crippen molar-refractivity contribution in [1.29, 1.82) is 0 Å². The number of fused-ring (bicyclic) bond motifs is 5. The quantitative estimate of drug-likeness (QED) is 0.717. The van der Waals surface area contributed by atoms with Crippen molar-refractivity contribution < 1.29 is 18.3 Å². The maximum Gasteiger partial charge on any atom is 0.336 e. The zero-order chi connectivity index (χ0) is 16.2. The van der Waals surface area contributed by atoms with E-state index in [1.807, 2.05) is 0 Å². The topological polar surface area (TPSA) is 96.4 Å². The molecule has 2 heterocycles. The second-order valence-electron chi connectivity index (χ2n) is 5.15. The van der Waals surface area contributed by atoms with Gasteiger partial charge in [-0.05, 0) is 12.1 Å². The van der Waals surface area contributed by atoms with Gasteiger partial charge in [0.15, 0.2) is 0 Å². The number of nitrogens with zero attached hydrogens (tertiary/aromatic N) is 1. The minimum absolute atomic E-state index is 0.0795. The molecule has 0 saturated carbocycles. The Bertz CT molecular complexity index is 1090. The summed E-state index contributed by atoms with van der Waals surface area (Å²) in [5, 5.41) is 9.67. The lowest BCUT2D eigenvalue weighted by Crippen LogP contribution is -2.19. The summed E-state index contributed by atoms with van der Waals surface area (Å²) in [5.74, 6) is -1.09. The fourth-order valence-electron chi connectivity index (χ4n) is 2.85. The highest BCUT2D eigenvalue weighted by atomic mass is 32.2. The van der Waals surface area contributed by atoms with Crippen LogP contribution in [0, 0.1) is 0 Å². The van der Waals surface area contributed by atoms with Gasteiger partial charge in [-0.2, -0.15) is 0 Å². The molecule has 1 aliphatic heterocycles. The summed E-state index contributed by atoms with van der Waals surface area (Å²) in [5.41, 5.74) is 1.96. The molecule has 0 aliphatic carbocycles. The van der Waals surface area contributed by atoms with Crippen LogP contribution in [0.4, 0.5) is 5.69 Å². The van der Waals surface area contributed by atoms with Crippen molar-refractivity contribution in [3.05, 3.63) is 54.2 Å². The zero-order valence-corrected chi connectivity index (χ0v) is 12.5. The molecule has 1 aromatic heterocycles. The average molecular weight is 326 g/mol. The Hall–Kier alpha value is -2.93. The Labute approximate surface area is 131 Å². The van der Waals surface area contributed by atoms with Crippen LogP contribution < -0.4 is 4.72 Å². The van der Waals surface area contributed by atoms with Gasteiger partial charge in [0.05, 0.1) is 21.7 Å². The minimum atomic E-state index is -3.72. The largest absolute Gasteiger partial charge is 0.478 e. The Morgan fingerprint density at radius 3 is 2.61 bits per heavy atom. The SMILES string of the molecule is O=C(O)c1ccnc2c3c(ccc12)-c1ccccc1S(=O)(=O)N3. The van der Waals surface area contributed by atoms with Crippen molar-refractivity contribution >= 4 is 32.6 Å². The molecular formula is C16H10N2O4S. The van der Waals surface area contributed by atoms with E-state index < -0.39 is 16.0 Å². The molecule has 114 valence electrons. The lowest BCUT2D eigenvalue weighted by atomic mass is 9.99. The van der Waals surface area contributed by atoms with Crippen LogP contribution in [-0.2, 0) is 10.0 Å². The predicted octanol–water partition coefficient (Wildman–Crippen LogP) is 2.71. The number of aromatic nitrogens is 1. The first kappa shape index (κ1) is 13.7. The molecule has 23 heavy (non-hydrogen) atoms. The van der Waals surface area contributed by atoms with Crippen LogP contribution >= 0.6 is 0 Å². The normalized spacial score (nSPS) is 14.6. The summed E-state index contributed by atoms with van der Waals surface area (Å²) in [6.45, 7) is 0. The average Bonchev–Trinajstić information content (AvgIpc) is 2.54. The van der Waals surface area contributed by atoms with Gasteiger partial charge < -0.3 is 5.11 Å². The van der Waals surface area contributed by atoms with Crippen molar-refractivity contribution in [2.45, 2.75) is 4.90 Å². The summed E-state index contributed by atoms with van der Waals surface area (Å²) in [6.07, 6.45) is 1.36. The number of nitrogens with one attached hydrogen (secondary N) is 1.